The van der Waals surface area contributed by atoms with Gasteiger partial charge in [0.25, 0.3) is 0 Å². The molecule has 76 valence electrons. The van der Waals surface area contributed by atoms with Gasteiger partial charge < -0.3 is 0 Å². The van der Waals surface area contributed by atoms with Crippen LogP contribution in [0.2, 0.25) is 0 Å². The Bertz CT molecular complexity index is 449. The Hall–Kier alpha value is -1.71. The van der Waals surface area contributed by atoms with Gasteiger partial charge in [-0.25, -0.2) is 0 Å². The minimum atomic E-state index is 0.568. The van der Waals surface area contributed by atoms with Crippen LogP contribution in [0.1, 0.15) is 29.3 Å². The maximum Gasteiger partial charge on any atom is 0.175 e. The maximum atomic E-state index is 4.01. The fraction of sp³-hybridized carbons (Fsp3) is 0.364. The number of aromatic amines is 1. The van der Waals surface area contributed by atoms with Gasteiger partial charge in [-0.1, -0.05) is 29.5 Å². The Kier molecular flexibility index (Phi) is 1.98. The number of tetrazole rings is 1. The predicted molar refractivity (Wildman–Crippen MR) is 55.4 cm³/mol. The van der Waals surface area contributed by atoms with Crippen molar-refractivity contribution in [1.29, 1.82) is 0 Å². The monoisotopic (exact) mass is 200 g/mol. The van der Waals surface area contributed by atoms with Gasteiger partial charge in [-0.3, -0.25) is 0 Å². The summed E-state index contributed by atoms with van der Waals surface area (Å²) in [7, 11) is 0. The second-order valence-electron chi connectivity index (χ2n) is 3.97. The number of hydrogen-bond acceptors (Lipinski definition) is 3. The summed E-state index contributed by atoms with van der Waals surface area (Å²) in [5.41, 5.74) is 2.94. The second-order valence-corrected chi connectivity index (χ2v) is 3.97. The lowest BCUT2D eigenvalue weighted by molar-refractivity contribution is 0.650. The molecule has 0 bridgehead atoms. The van der Waals surface area contributed by atoms with Crippen LogP contribution in [-0.4, -0.2) is 20.6 Å². The SMILES string of the molecule is c1ccc2c(c1)CCC2Cc1nn[nH]n1. The number of aromatic nitrogens is 4. The number of nitrogens with zero attached hydrogens (tertiary/aromatic N) is 3. The molecule has 0 saturated carbocycles. The molecule has 4 nitrogen and oxygen atoms in total. The van der Waals surface area contributed by atoms with Gasteiger partial charge in [0.15, 0.2) is 5.82 Å². The van der Waals surface area contributed by atoms with Gasteiger partial charge in [0.1, 0.15) is 0 Å². The highest BCUT2D eigenvalue weighted by Gasteiger charge is 2.23. The molecule has 1 aromatic carbocycles. The number of hydrogen-bond donors (Lipinski definition) is 1. The van der Waals surface area contributed by atoms with Crippen LogP contribution in [0.15, 0.2) is 24.3 Å². The molecule has 1 heterocycles. The third-order valence-electron chi connectivity index (χ3n) is 3.08. The summed E-state index contributed by atoms with van der Waals surface area (Å²) >= 11 is 0. The smallest absolute Gasteiger partial charge is 0.175 e. The van der Waals surface area contributed by atoms with Gasteiger partial charge in [0.05, 0.1) is 0 Å². The van der Waals surface area contributed by atoms with Crippen LogP contribution >= 0.6 is 0 Å². The molecule has 1 aromatic heterocycles. The first-order chi connectivity index (χ1) is 7.43. The number of rotatable bonds is 2. The molecule has 0 amide bonds. The van der Waals surface area contributed by atoms with Gasteiger partial charge in [-0.2, -0.15) is 5.21 Å². The van der Waals surface area contributed by atoms with Crippen LogP contribution in [-0.2, 0) is 12.8 Å². The summed E-state index contributed by atoms with van der Waals surface area (Å²) in [6, 6.07) is 8.64. The van der Waals surface area contributed by atoms with Crippen LogP contribution < -0.4 is 0 Å². The molecular formula is C11H12N4. The minimum Gasteiger partial charge on any atom is -0.177 e. The van der Waals surface area contributed by atoms with Crippen LogP contribution in [0.5, 0.6) is 0 Å². The van der Waals surface area contributed by atoms with E-state index in [1.807, 2.05) is 0 Å². The van der Waals surface area contributed by atoms with Crippen molar-refractivity contribution in [3.05, 3.63) is 41.2 Å². The minimum absolute atomic E-state index is 0.568. The molecule has 0 spiro atoms. The first-order valence-corrected chi connectivity index (χ1v) is 5.23. The van der Waals surface area contributed by atoms with Crippen LogP contribution in [0.25, 0.3) is 0 Å². The van der Waals surface area contributed by atoms with Gasteiger partial charge >= 0.3 is 0 Å². The van der Waals surface area contributed by atoms with E-state index in [1.54, 1.807) is 0 Å². The van der Waals surface area contributed by atoms with E-state index in [1.165, 1.54) is 24.0 Å². The van der Waals surface area contributed by atoms with E-state index in [4.69, 9.17) is 0 Å². The lowest BCUT2D eigenvalue weighted by Crippen LogP contribution is -2.00. The van der Waals surface area contributed by atoms with E-state index in [2.05, 4.69) is 44.9 Å². The van der Waals surface area contributed by atoms with Crippen molar-refractivity contribution in [1.82, 2.24) is 20.6 Å². The normalized spacial score (nSPS) is 19.1. The fourth-order valence-electron chi connectivity index (χ4n) is 2.35. The standard InChI is InChI=1S/C11H12N4/c1-2-4-10-8(3-1)5-6-9(10)7-11-12-14-15-13-11/h1-4,9H,5-7H2,(H,12,13,14,15). The highest BCUT2D eigenvalue weighted by Crippen LogP contribution is 2.34. The zero-order chi connectivity index (χ0) is 10.1. The Morgan fingerprint density at radius 3 is 3.13 bits per heavy atom. The molecule has 1 N–H and O–H groups in total. The quantitative estimate of drug-likeness (QED) is 0.798. The number of benzene rings is 1. The number of nitrogens with one attached hydrogen (secondary N) is 1. The summed E-state index contributed by atoms with van der Waals surface area (Å²) in [6.45, 7) is 0. The largest absolute Gasteiger partial charge is 0.177 e. The Morgan fingerprint density at radius 1 is 1.33 bits per heavy atom. The first kappa shape index (κ1) is 8.59. The third kappa shape index (κ3) is 1.52. The summed E-state index contributed by atoms with van der Waals surface area (Å²) in [4.78, 5) is 0. The molecule has 1 unspecified atom stereocenters. The molecule has 1 atom stereocenters. The number of H-pyrrole nitrogens is 1. The van der Waals surface area contributed by atoms with Crippen molar-refractivity contribution in [3.8, 4) is 0 Å². The van der Waals surface area contributed by atoms with E-state index in [9.17, 15) is 0 Å². The zero-order valence-corrected chi connectivity index (χ0v) is 8.35. The summed E-state index contributed by atoms with van der Waals surface area (Å²) < 4.78 is 0. The van der Waals surface area contributed by atoms with Crippen molar-refractivity contribution < 1.29 is 0 Å². The molecule has 2 aromatic rings. The Balaban J connectivity index is 1.85. The predicted octanol–water partition coefficient (Wildman–Crippen LogP) is 1.47. The summed E-state index contributed by atoms with van der Waals surface area (Å²) in [5, 5.41) is 14.1. The fourth-order valence-corrected chi connectivity index (χ4v) is 2.35. The Labute approximate surface area is 87.7 Å². The van der Waals surface area contributed by atoms with E-state index < -0.39 is 0 Å². The molecule has 15 heavy (non-hydrogen) atoms. The molecule has 1 aliphatic rings. The highest BCUT2D eigenvalue weighted by molar-refractivity contribution is 5.35. The number of fused-ring (bicyclic) bond motifs is 1. The average Bonchev–Trinajstić information content (AvgIpc) is 2.89. The van der Waals surface area contributed by atoms with E-state index in [0.29, 0.717) is 5.92 Å². The lowest BCUT2D eigenvalue weighted by Gasteiger charge is -2.07. The Morgan fingerprint density at radius 2 is 2.27 bits per heavy atom. The molecule has 0 aliphatic heterocycles. The van der Waals surface area contributed by atoms with Gasteiger partial charge in [-0.05, 0) is 29.9 Å². The maximum absolute atomic E-state index is 4.01. The average molecular weight is 200 g/mol. The first-order valence-electron chi connectivity index (χ1n) is 5.23. The molecule has 4 heteroatoms. The molecule has 0 saturated heterocycles. The van der Waals surface area contributed by atoms with E-state index in [0.717, 1.165) is 12.2 Å². The van der Waals surface area contributed by atoms with Crippen molar-refractivity contribution in [2.75, 3.05) is 0 Å². The van der Waals surface area contributed by atoms with Crippen molar-refractivity contribution in [3.63, 3.8) is 0 Å². The molecule has 0 radical (unpaired) electrons. The van der Waals surface area contributed by atoms with Crippen molar-refractivity contribution >= 4 is 0 Å². The van der Waals surface area contributed by atoms with Gasteiger partial charge in [0, 0.05) is 6.42 Å². The third-order valence-corrected chi connectivity index (χ3v) is 3.08. The highest BCUT2D eigenvalue weighted by atomic mass is 15.5. The van der Waals surface area contributed by atoms with Gasteiger partial charge in [-0.15, -0.1) is 10.2 Å². The lowest BCUT2D eigenvalue weighted by atomic mass is 9.98. The van der Waals surface area contributed by atoms with Crippen LogP contribution in [0.4, 0.5) is 0 Å². The molecular weight excluding hydrogens is 188 g/mol. The molecule has 1 aliphatic carbocycles. The van der Waals surface area contributed by atoms with Crippen LogP contribution in [0, 0.1) is 0 Å². The second kappa shape index (κ2) is 3.46. The zero-order valence-electron chi connectivity index (χ0n) is 8.35. The number of aryl methyl sites for hydroxylation is 1. The topological polar surface area (TPSA) is 54.5 Å². The van der Waals surface area contributed by atoms with E-state index >= 15 is 0 Å². The van der Waals surface area contributed by atoms with Crippen molar-refractivity contribution in [2.45, 2.75) is 25.2 Å². The summed E-state index contributed by atoms with van der Waals surface area (Å²) in [6.07, 6.45) is 3.28. The summed E-state index contributed by atoms with van der Waals surface area (Å²) in [5.74, 6) is 1.38. The molecule has 3 rings (SSSR count). The van der Waals surface area contributed by atoms with Crippen molar-refractivity contribution in [2.24, 2.45) is 0 Å². The van der Waals surface area contributed by atoms with Crippen LogP contribution in [0.3, 0.4) is 0 Å². The van der Waals surface area contributed by atoms with E-state index in [-0.39, 0.29) is 0 Å². The molecule has 0 fully saturated rings. The van der Waals surface area contributed by atoms with Gasteiger partial charge in [0.2, 0.25) is 0 Å².